The summed E-state index contributed by atoms with van der Waals surface area (Å²) in [4.78, 5) is 42.7. The monoisotopic (exact) mass is 389 g/mol. The molecule has 1 unspecified atom stereocenters. The Balaban J connectivity index is 1.57. The van der Waals surface area contributed by atoms with Crippen LogP contribution in [0.15, 0.2) is 29.3 Å². The van der Waals surface area contributed by atoms with Gasteiger partial charge in [0.2, 0.25) is 11.8 Å². The summed E-state index contributed by atoms with van der Waals surface area (Å²) in [5.41, 5.74) is 1.02. The van der Waals surface area contributed by atoms with Crippen LogP contribution in [0.25, 0.3) is 0 Å². The molecular formula is C19H23N3O4S. The summed E-state index contributed by atoms with van der Waals surface area (Å²) in [6.07, 6.45) is 2.82. The third-order valence-electron chi connectivity index (χ3n) is 4.34. The number of amides is 2. The standard InChI is InChI=1S/C19H23N3O4S/c1-2-3-11-26-18(25)13-5-7-14(8-6-13)21-17(24)15-12-16(23)22-10-4-9-20-19(22)27-15/h5-8,15H,2-4,9-12H2,1H3,(H,21,24). The van der Waals surface area contributed by atoms with Crippen molar-refractivity contribution in [1.82, 2.24) is 4.90 Å². The summed E-state index contributed by atoms with van der Waals surface area (Å²) < 4.78 is 5.16. The third kappa shape index (κ3) is 4.88. The minimum Gasteiger partial charge on any atom is -0.462 e. The fourth-order valence-electron chi connectivity index (χ4n) is 2.81. The topological polar surface area (TPSA) is 88.1 Å². The number of unbranched alkanes of at least 4 members (excludes halogenated alkanes) is 1. The van der Waals surface area contributed by atoms with Crippen LogP contribution in [0, 0.1) is 0 Å². The van der Waals surface area contributed by atoms with E-state index in [0.29, 0.717) is 36.1 Å². The van der Waals surface area contributed by atoms with Crippen LogP contribution in [-0.4, -0.2) is 52.8 Å². The number of fused-ring (bicyclic) bond motifs is 1. The minimum atomic E-state index is -0.496. The molecule has 0 radical (unpaired) electrons. The molecule has 0 saturated carbocycles. The van der Waals surface area contributed by atoms with E-state index in [1.807, 2.05) is 6.92 Å². The normalized spacial score (nSPS) is 19.1. The van der Waals surface area contributed by atoms with Crippen LogP contribution in [0.3, 0.4) is 0 Å². The summed E-state index contributed by atoms with van der Waals surface area (Å²) in [7, 11) is 0. The Morgan fingerprint density at radius 2 is 2.11 bits per heavy atom. The first-order valence-electron chi connectivity index (χ1n) is 9.18. The Kier molecular flexibility index (Phi) is 6.49. The number of amidine groups is 1. The third-order valence-corrected chi connectivity index (χ3v) is 5.56. The Morgan fingerprint density at radius 3 is 2.85 bits per heavy atom. The van der Waals surface area contributed by atoms with Crippen molar-refractivity contribution < 1.29 is 19.1 Å². The lowest BCUT2D eigenvalue weighted by Gasteiger charge is -2.33. The predicted molar refractivity (Wildman–Crippen MR) is 105 cm³/mol. The van der Waals surface area contributed by atoms with Crippen LogP contribution >= 0.6 is 11.8 Å². The average molecular weight is 389 g/mol. The number of thioether (sulfide) groups is 1. The van der Waals surface area contributed by atoms with Gasteiger partial charge in [-0.1, -0.05) is 25.1 Å². The van der Waals surface area contributed by atoms with Crippen molar-refractivity contribution in [1.29, 1.82) is 0 Å². The van der Waals surface area contributed by atoms with Gasteiger partial charge in [0.15, 0.2) is 5.17 Å². The predicted octanol–water partition coefficient (Wildman–Crippen LogP) is 2.68. The first-order chi connectivity index (χ1) is 13.1. The van der Waals surface area contributed by atoms with Crippen LogP contribution in [-0.2, 0) is 14.3 Å². The van der Waals surface area contributed by atoms with Gasteiger partial charge in [0.05, 0.1) is 12.2 Å². The number of nitrogens with zero attached hydrogens (tertiary/aromatic N) is 2. The van der Waals surface area contributed by atoms with Crippen molar-refractivity contribution in [2.45, 2.75) is 37.9 Å². The van der Waals surface area contributed by atoms with E-state index >= 15 is 0 Å². The van der Waals surface area contributed by atoms with E-state index in [0.717, 1.165) is 19.3 Å². The summed E-state index contributed by atoms with van der Waals surface area (Å²) in [5, 5.41) is 2.95. The lowest BCUT2D eigenvalue weighted by atomic mass is 10.2. The molecule has 144 valence electrons. The zero-order valence-corrected chi connectivity index (χ0v) is 16.1. The molecule has 2 heterocycles. The molecule has 0 aromatic heterocycles. The van der Waals surface area contributed by atoms with Crippen LogP contribution in [0.4, 0.5) is 5.69 Å². The van der Waals surface area contributed by atoms with Gasteiger partial charge in [-0.25, -0.2) is 4.79 Å². The number of aliphatic imine (C=N–C) groups is 1. The number of carbonyl (C=O) groups is 3. The number of esters is 1. The molecule has 8 heteroatoms. The molecule has 0 bridgehead atoms. The van der Waals surface area contributed by atoms with E-state index in [4.69, 9.17) is 4.74 Å². The van der Waals surface area contributed by atoms with E-state index in [1.165, 1.54) is 11.8 Å². The zero-order valence-electron chi connectivity index (χ0n) is 15.3. The molecule has 1 saturated heterocycles. The molecule has 7 nitrogen and oxygen atoms in total. The number of hydrogen-bond acceptors (Lipinski definition) is 6. The number of benzene rings is 1. The molecular weight excluding hydrogens is 366 g/mol. The van der Waals surface area contributed by atoms with Gasteiger partial charge in [-0.15, -0.1) is 0 Å². The Bertz CT molecular complexity index is 748. The maximum absolute atomic E-state index is 12.5. The van der Waals surface area contributed by atoms with Crippen molar-refractivity contribution in [3.8, 4) is 0 Å². The van der Waals surface area contributed by atoms with Crippen molar-refractivity contribution in [3.63, 3.8) is 0 Å². The maximum atomic E-state index is 12.5. The Morgan fingerprint density at radius 1 is 1.33 bits per heavy atom. The smallest absolute Gasteiger partial charge is 0.338 e. The first-order valence-corrected chi connectivity index (χ1v) is 10.1. The lowest BCUT2D eigenvalue weighted by molar-refractivity contribution is -0.129. The second-order valence-electron chi connectivity index (χ2n) is 6.43. The summed E-state index contributed by atoms with van der Waals surface area (Å²) in [5.74, 6) is -0.665. The highest BCUT2D eigenvalue weighted by Gasteiger charge is 2.36. The maximum Gasteiger partial charge on any atom is 0.338 e. The summed E-state index contributed by atoms with van der Waals surface area (Å²) in [6.45, 7) is 3.80. The number of carbonyl (C=O) groups excluding carboxylic acids is 3. The van der Waals surface area contributed by atoms with Gasteiger partial charge in [0, 0.05) is 25.2 Å². The van der Waals surface area contributed by atoms with Crippen molar-refractivity contribution in [2.24, 2.45) is 4.99 Å². The molecule has 1 atom stereocenters. The molecule has 0 spiro atoms. The highest BCUT2D eigenvalue weighted by Crippen LogP contribution is 2.29. The van der Waals surface area contributed by atoms with E-state index in [9.17, 15) is 14.4 Å². The van der Waals surface area contributed by atoms with Gasteiger partial charge in [-0.05, 0) is 37.1 Å². The van der Waals surface area contributed by atoms with E-state index in [2.05, 4.69) is 10.3 Å². The van der Waals surface area contributed by atoms with E-state index in [-0.39, 0.29) is 24.2 Å². The molecule has 2 aliphatic rings. The fraction of sp³-hybridized carbons (Fsp3) is 0.474. The molecule has 3 rings (SSSR count). The van der Waals surface area contributed by atoms with Gasteiger partial charge in [0.25, 0.3) is 0 Å². The van der Waals surface area contributed by atoms with Gasteiger partial charge in [0.1, 0.15) is 5.25 Å². The lowest BCUT2D eigenvalue weighted by Crippen LogP contribution is -2.47. The van der Waals surface area contributed by atoms with E-state index in [1.54, 1.807) is 29.2 Å². The van der Waals surface area contributed by atoms with Gasteiger partial charge < -0.3 is 10.1 Å². The highest BCUT2D eigenvalue weighted by molar-refractivity contribution is 8.15. The molecule has 1 aromatic rings. The average Bonchev–Trinajstić information content (AvgIpc) is 2.68. The van der Waals surface area contributed by atoms with Crippen LogP contribution in [0.2, 0.25) is 0 Å². The molecule has 0 aliphatic carbocycles. The number of hydrogen-bond donors (Lipinski definition) is 1. The zero-order chi connectivity index (χ0) is 19.2. The van der Waals surface area contributed by atoms with Gasteiger partial charge in [-0.3, -0.25) is 19.5 Å². The minimum absolute atomic E-state index is 0.0578. The molecule has 1 fully saturated rings. The number of nitrogens with one attached hydrogen (secondary N) is 1. The number of ether oxygens (including phenoxy) is 1. The largest absolute Gasteiger partial charge is 0.462 e. The molecule has 1 aromatic carbocycles. The van der Waals surface area contributed by atoms with E-state index < -0.39 is 5.25 Å². The molecule has 2 aliphatic heterocycles. The molecule has 27 heavy (non-hydrogen) atoms. The SMILES string of the molecule is CCCCOC(=O)c1ccc(NC(=O)C2CC(=O)N3CCCN=C3S2)cc1. The Labute approximate surface area is 162 Å². The van der Waals surface area contributed by atoms with Crippen LogP contribution in [0.5, 0.6) is 0 Å². The quantitative estimate of drug-likeness (QED) is 0.597. The van der Waals surface area contributed by atoms with Crippen molar-refractivity contribution in [2.75, 3.05) is 25.0 Å². The van der Waals surface area contributed by atoms with Crippen molar-refractivity contribution in [3.05, 3.63) is 29.8 Å². The Hall–Kier alpha value is -2.35. The second-order valence-corrected chi connectivity index (χ2v) is 7.60. The fourth-order valence-corrected chi connectivity index (χ4v) is 3.94. The number of anilines is 1. The molecule has 1 N–H and O–H groups in total. The first kappa shape index (κ1) is 19.4. The molecule has 2 amide bonds. The second kappa shape index (κ2) is 9.03. The van der Waals surface area contributed by atoms with Crippen LogP contribution in [0.1, 0.15) is 43.0 Å². The van der Waals surface area contributed by atoms with Crippen molar-refractivity contribution >= 4 is 40.4 Å². The summed E-state index contributed by atoms with van der Waals surface area (Å²) >= 11 is 1.33. The summed E-state index contributed by atoms with van der Waals surface area (Å²) in [6, 6.07) is 6.56. The highest BCUT2D eigenvalue weighted by atomic mass is 32.2. The van der Waals surface area contributed by atoms with Crippen LogP contribution < -0.4 is 5.32 Å². The number of rotatable bonds is 6. The van der Waals surface area contributed by atoms with Gasteiger partial charge >= 0.3 is 5.97 Å². The van der Waals surface area contributed by atoms with Gasteiger partial charge in [-0.2, -0.15) is 0 Å².